The van der Waals surface area contributed by atoms with Crippen LogP contribution in [-0.4, -0.2) is 66.5 Å². The molecule has 2 heterocycles. The van der Waals surface area contributed by atoms with Gasteiger partial charge in [0.25, 0.3) is 0 Å². The lowest BCUT2D eigenvalue weighted by Gasteiger charge is -2.41. The number of aliphatic carboxylic acids is 1. The predicted molar refractivity (Wildman–Crippen MR) is 97.0 cm³/mol. The summed E-state index contributed by atoms with van der Waals surface area (Å²) in [5.74, 6) is -0.946. The Bertz CT molecular complexity index is 648. The summed E-state index contributed by atoms with van der Waals surface area (Å²) < 4.78 is 25.8. The second kappa shape index (κ2) is 7.46. The van der Waals surface area contributed by atoms with Gasteiger partial charge in [0.2, 0.25) is 15.9 Å². The normalized spacial score (nSPS) is 27.3. The minimum atomic E-state index is -3.40. The number of amides is 1. The Morgan fingerprint density at radius 3 is 2.31 bits per heavy atom. The van der Waals surface area contributed by atoms with Crippen molar-refractivity contribution in [2.45, 2.75) is 51.9 Å². The third-order valence-corrected chi connectivity index (χ3v) is 8.52. The summed E-state index contributed by atoms with van der Waals surface area (Å²) in [6.07, 6.45) is 6.42. The van der Waals surface area contributed by atoms with Gasteiger partial charge >= 0.3 is 5.97 Å². The van der Waals surface area contributed by atoms with Crippen molar-refractivity contribution in [3.8, 4) is 0 Å². The Morgan fingerprint density at radius 1 is 1.15 bits per heavy atom. The highest BCUT2D eigenvalue weighted by atomic mass is 32.2. The summed E-state index contributed by atoms with van der Waals surface area (Å²) in [7, 11) is -3.40. The van der Waals surface area contributed by atoms with E-state index < -0.39 is 27.3 Å². The fourth-order valence-corrected chi connectivity index (χ4v) is 6.15. The summed E-state index contributed by atoms with van der Waals surface area (Å²) in [5, 5.41) is 9.65. The highest BCUT2D eigenvalue weighted by molar-refractivity contribution is 7.89. The molecule has 1 amide bonds. The molecule has 2 saturated heterocycles. The van der Waals surface area contributed by atoms with Gasteiger partial charge in [0.15, 0.2) is 0 Å². The van der Waals surface area contributed by atoms with Gasteiger partial charge in [-0.2, -0.15) is 0 Å². The highest BCUT2D eigenvalue weighted by Gasteiger charge is 2.54. The zero-order chi connectivity index (χ0) is 18.9. The number of carboxylic acids is 1. The zero-order valence-electron chi connectivity index (χ0n) is 15.5. The Kier molecular flexibility index (Phi) is 5.63. The molecular formula is C18H30N2O5S. The third-order valence-electron chi connectivity index (χ3n) is 6.72. The van der Waals surface area contributed by atoms with Crippen molar-refractivity contribution < 1.29 is 23.1 Å². The number of nitrogens with zero attached hydrogens (tertiary/aromatic N) is 2. The van der Waals surface area contributed by atoms with E-state index in [4.69, 9.17) is 0 Å². The molecule has 7 nitrogen and oxygen atoms in total. The lowest BCUT2D eigenvalue weighted by molar-refractivity contribution is -0.146. The second-order valence-electron chi connectivity index (χ2n) is 8.18. The molecule has 0 radical (unpaired) electrons. The molecule has 1 N–H and O–H groups in total. The maximum absolute atomic E-state index is 12.5. The lowest BCUT2D eigenvalue weighted by atomic mass is 9.71. The number of carbonyl (C=O) groups excluding carboxylic acids is 1. The van der Waals surface area contributed by atoms with Crippen LogP contribution in [0, 0.1) is 17.3 Å². The average molecular weight is 387 g/mol. The van der Waals surface area contributed by atoms with Crippen LogP contribution >= 0.6 is 0 Å². The van der Waals surface area contributed by atoms with Crippen molar-refractivity contribution in [1.82, 2.24) is 9.21 Å². The maximum atomic E-state index is 12.5. The molecule has 8 heteroatoms. The molecule has 1 atom stereocenters. The SMILES string of the molecule is CCS(=O)(=O)N1CC(C(=O)O)C2(CCN(C(=O)CC3CCCC3)CC2)C1. The smallest absolute Gasteiger partial charge is 0.308 e. The molecule has 1 aliphatic carbocycles. The molecule has 3 fully saturated rings. The van der Waals surface area contributed by atoms with E-state index in [9.17, 15) is 23.1 Å². The minimum Gasteiger partial charge on any atom is -0.481 e. The summed E-state index contributed by atoms with van der Waals surface area (Å²) in [4.78, 5) is 26.2. The third kappa shape index (κ3) is 3.76. The monoisotopic (exact) mass is 386 g/mol. The number of hydrogen-bond donors (Lipinski definition) is 1. The van der Waals surface area contributed by atoms with Gasteiger partial charge in [-0.25, -0.2) is 12.7 Å². The Morgan fingerprint density at radius 2 is 1.77 bits per heavy atom. The first-order valence-electron chi connectivity index (χ1n) is 9.76. The Hall–Kier alpha value is -1.15. The predicted octanol–water partition coefficient (Wildman–Crippen LogP) is 1.54. The fourth-order valence-electron chi connectivity index (χ4n) is 4.96. The average Bonchev–Trinajstić information content (AvgIpc) is 3.24. The molecule has 1 unspecified atom stereocenters. The standard InChI is InChI=1S/C18H30N2O5S/c1-2-26(24,25)20-12-15(17(22)23)18(13-20)7-9-19(10-8-18)16(21)11-14-5-3-4-6-14/h14-15H,2-13H2,1H3,(H,22,23). The fraction of sp³-hybridized carbons (Fsp3) is 0.889. The van der Waals surface area contributed by atoms with Gasteiger partial charge in [-0.3, -0.25) is 9.59 Å². The second-order valence-corrected chi connectivity index (χ2v) is 10.4. The van der Waals surface area contributed by atoms with E-state index in [0.29, 0.717) is 38.3 Å². The van der Waals surface area contributed by atoms with Gasteiger partial charge in [-0.1, -0.05) is 12.8 Å². The highest BCUT2D eigenvalue weighted by Crippen LogP contribution is 2.46. The molecule has 3 rings (SSSR count). The van der Waals surface area contributed by atoms with Crippen LogP contribution in [0.4, 0.5) is 0 Å². The molecule has 2 aliphatic heterocycles. The molecule has 0 aromatic rings. The quantitative estimate of drug-likeness (QED) is 0.773. The van der Waals surface area contributed by atoms with Crippen LogP contribution in [0.15, 0.2) is 0 Å². The Labute approximate surface area is 155 Å². The van der Waals surface area contributed by atoms with E-state index in [1.165, 1.54) is 17.1 Å². The molecule has 148 valence electrons. The number of likely N-dealkylation sites (tertiary alicyclic amines) is 1. The number of carbonyl (C=O) groups is 2. The molecule has 3 aliphatic rings. The van der Waals surface area contributed by atoms with E-state index in [-0.39, 0.29) is 24.7 Å². The van der Waals surface area contributed by atoms with Crippen LogP contribution in [0.5, 0.6) is 0 Å². The van der Waals surface area contributed by atoms with Gasteiger partial charge in [-0.15, -0.1) is 0 Å². The molecule has 1 saturated carbocycles. The van der Waals surface area contributed by atoms with E-state index in [2.05, 4.69) is 0 Å². The summed E-state index contributed by atoms with van der Waals surface area (Å²) >= 11 is 0. The molecular weight excluding hydrogens is 356 g/mol. The van der Waals surface area contributed by atoms with Crippen molar-refractivity contribution in [1.29, 1.82) is 0 Å². The summed E-state index contributed by atoms with van der Waals surface area (Å²) in [6, 6.07) is 0. The van der Waals surface area contributed by atoms with E-state index in [0.717, 1.165) is 12.8 Å². The van der Waals surface area contributed by atoms with Crippen molar-refractivity contribution in [3.05, 3.63) is 0 Å². The lowest BCUT2D eigenvalue weighted by Crippen LogP contribution is -2.48. The molecule has 0 aromatic heterocycles. The van der Waals surface area contributed by atoms with E-state index in [1.807, 2.05) is 4.90 Å². The van der Waals surface area contributed by atoms with Gasteiger partial charge in [0.1, 0.15) is 0 Å². The van der Waals surface area contributed by atoms with Crippen LogP contribution in [0.2, 0.25) is 0 Å². The largest absolute Gasteiger partial charge is 0.481 e. The van der Waals surface area contributed by atoms with Crippen LogP contribution in [0.3, 0.4) is 0 Å². The summed E-state index contributed by atoms with van der Waals surface area (Å²) in [5.41, 5.74) is -0.543. The Balaban J connectivity index is 1.65. The number of carboxylic acid groups (broad SMARTS) is 1. The van der Waals surface area contributed by atoms with E-state index in [1.54, 1.807) is 6.92 Å². The van der Waals surface area contributed by atoms with Crippen LogP contribution in [0.1, 0.15) is 51.9 Å². The molecule has 0 aromatic carbocycles. The van der Waals surface area contributed by atoms with Crippen molar-refractivity contribution >= 4 is 21.9 Å². The number of hydrogen-bond acceptors (Lipinski definition) is 4. The van der Waals surface area contributed by atoms with Crippen molar-refractivity contribution in [2.24, 2.45) is 17.3 Å². The van der Waals surface area contributed by atoms with Crippen LogP contribution < -0.4 is 0 Å². The van der Waals surface area contributed by atoms with Gasteiger partial charge in [0.05, 0.1) is 11.7 Å². The van der Waals surface area contributed by atoms with Crippen molar-refractivity contribution in [2.75, 3.05) is 31.9 Å². The van der Waals surface area contributed by atoms with Crippen LogP contribution in [0.25, 0.3) is 0 Å². The molecule has 1 spiro atoms. The van der Waals surface area contributed by atoms with Crippen LogP contribution in [-0.2, 0) is 19.6 Å². The van der Waals surface area contributed by atoms with Gasteiger partial charge in [0, 0.05) is 38.0 Å². The number of sulfonamides is 1. The summed E-state index contributed by atoms with van der Waals surface area (Å²) in [6.45, 7) is 2.98. The minimum absolute atomic E-state index is 0.0125. The zero-order valence-corrected chi connectivity index (χ0v) is 16.3. The molecule has 0 bridgehead atoms. The number of rotatable bonds is 5. The first-order chi connectivity index (χ1) is 12.3. The maximum Gasteiger partial charge on any atom is 0.308 e. The molecule has 26 heavy (non-hydrogen) atoms. The van der Waals surface area contributed by atoms with Gasteiger partial charge in [-0.05, 0) is 38.5 Å². The van der Waals surface area contributed by atoms with Crippen molar-refractivity contribution in [3.63, 3.8) is 0 Å². The topological polar surface area (TPSA) is 95.0 Å². The van der Waals surface area contributed by atoms with Gasteiger partial charge < -0.3 is 10.0 Å². The number of piperidine rings is 1. The first-order valence-corrected chi connectivity index (χ1v) is 11.4. The first kappa shape index (κ1) is 19.6. The van der Waals surface area contributed by atoms with E-state index >= 15 is 0 Å².